The first-order chi connectivity index (χ1) is 20.2. The molecule has 0 N–H and O–H groups in total. The van der Waals surface area contributed by atoms with E-state index in [9.17, 15) is 0 Å². The van der Waals surface area contributed by atoms with Gasteiger partial charge in [-0.15, -0.1) is 11.3 Å². The van der Waals surface area contributed by atoms with Crippen molar-refractivity contribution >= 4 is 59.2 Å². The van der Waals surface area contributed by atoms with Crippen LogP contribution in [0, 0.1) is 6.92 Å². The maximum absolute atomic E-state index is 6.57. The lowest BCUT2D eigenvalue weighted by Crippen LogP contribution is -2.00. The number of fused-ring (bicyclic) bond motifs is 6. The maximum atomic E-state index is 6.57. The Balaban J connectivity index is 1.46. The van der Waals surface area contributed by atoms with Crippen LogP contribution in [0.1, 0.15) is 17.0 Å². The second-order valence-electron chi connectivity index (χ2n) is 10.3. The lowest BCUT2D eigenvalue weighted by Gasteiger charge is -2.15. The van der Waals surface area contributed by atoms with E-state index in [1.165, 1.54) is 10.3 Å². The molecule has 0 bridgehead atoms. The Labute approximate surface area is 241 Å². The molecule has 5 aromatic carbocycles. The lowest BCUT2D eigenvalue weighted by atomic mass is 9.90. The van der Waals surface area contributed by atoms with E-state index in [1.54, 1.807) is 11.3 Å². The molecule has 0 fully saturated rings. The van der Waals surface area contributed by atoms with Crippen LogP contribution in [0.25, 0.3) is 70.2 Å². The summed E-state index contributed by atoms with van der Waals surface area (Å²) in [5.41, 5.74) is 9.61. The van der Waals surface area contributed by atoms with Gasteiger partial charge in [0, 0.05) is 37.6 Å². The average Bonchev–Trinajstić information content (AvgIpc) is 3.59. The first kappa shape index (κ1) is 23.8. The second kappa shape index (κ2) is 9.26. The summed E-state index contributed by atoms with van der Waals surface area (Å²) in [6, 6.07) is 39.7. The number of aromatic nitrogens is 2. The Hall–Kier alpha value is -5.06. The molecule has 0 amide bonds. The van der Waals surface area contributed by atoms with Crippen LogP contribution in [0.2, 0.25) is 0 Å². The number of hydrogen-bond acceptors (Lipinski definition) is 4. The smallest absolute Gasteiger partial charge is 0.160 e. The van der Waals surface area contributed by atoms with E-state index in [1.807, 2.05) is 24.3 Å². The highest BCUT2D eigenvalue weighted by Crippen LogP contribution is 2.43. The fourth-order valence-electron chi connectivity index (χ4n) is 5.82. The molecule has 0 atom stereocenters. The minimum Gasteiger partial charge on any atom is -0.455 e. The molecule has 3 nitrogen and oxygen atoms in total. The molecular weight excluding hydrogens is 520 g/mol. The minimum absolute atomic E-state index is 0.600. The summed E-state index contributed by atoms with van der Waals surface area (Å²) in [6.45, 7) is 6.79. The van der Waals surface area contributed by atoms with E-state index >= 15 is 0 Å². The standard InChI is InChI=1S/C37H24N2OS/c1-22-12-6-7-15-25(22)27-20-21-28-26-16-8-10-18-30(26)40-35(28)32(27)23(2)37-38-33(24-13-4-3-5-14-24)36-34(39-37)29-17-9-11-19-31(29)41-36/h3-21H,2H2,1H3. The Kier molecular flexibility index (Phi) is 5.37. The van der Waals surface area contributed by atoms with E-state index in [-0.39, 0.29) is 0 Å². The number of hydrogen-bond donors (Lipinski definition) is 0. The Bertz CT molecular complexity index is 2290. The summed E-state index contributed by atoms with van der Waals surface area (Å²) < 4.78 is 8.84. The van der Waals surface area contributed by atoms with Gasteiger partial charge in [0.25, 0.3) is 0 Å². The SMILES string of the molecule is C=C(c1nc(-c2ccccc2)c2sc3ccccc3c2n1)c1c(-c2ccccc2C)ccc2c1oc1ccccc12. The summed E-state index contributed by atoms with van der Waals surface area (Å²) in [7, 11) is 0. The van der Waals surface area contributed by atoms with Crippen LogP contribution in [-0.2, 0) is 0 Å². The normalized spacial score (nSPS) is 11.6. The van der Waals surface area contributed by atoms with Crippen molar-refractivity contribution in [3.05, 3.63) is 139 Å². The Morgan fingerprint density at radius 1 is 0.683 bits per heavy atom. The number of furan rings is 1. The molecule has 3 aromatic heterocycles. The van der Waals surface area contributed by atoms with Crippen LogP contribution < -0.4 is 0 Å². The van der Waals surface area contributed by atoms with Crippen molar-refractivity contribution in [3.63, 3.8) is 0 Å². The van der Waals surface area contributed by atoms with Gasteiger partial charge >= 0.3 is 0 Å². The molecule has 194 valence electrons. The molecule has 0 saturated carbocycles. The number of rotatable bonds is 4. The largest absolute Gasteiger partial charge is 0.455 e. The zero-order valence-electron chi connectivity index (χ0n) is 22.4. The number of para-hydroxylation sites is 1. The van der Waals surface area contributed by atoms with Gasteiger partial charge in [0.05, 0.1) is 15.9 Å². The van der Waals surface area contributed by atoms with Crippen LogP contribution in [-0.4, -0.2) is 9.97 Å². The van der Waals surface area contributed by atoms with E-state index in [4.69, 9.17) is 14.4 Å². The third kappa shape index (κ3) is 3.72. The highest BCUT2D eigenvalue weighted by atomic mass is 32.1. The quantitative estimate of drug-likeness (QED) is 0.221. The van der Waals surface area contributed by atoms with E-state index < -0.39 is 0 Å². The molecule has 0 saturated heterocycles. The van der Waals surface area contributed by atoms with Crippen molar-refractivity contribution in [2.75, 3.05) is 0 Å². The molecule has 0 unspecified atom stereocenters. The Morgan fingerprint density at radius 2 is 1.41 bits per heavy atom. The first-order valence-electron chi connectivity index (χ1n) is 13.6. The third-order valence-corrected chi connectivity index (χ3v) is 8.99. The molecular formula is C37H24N2OS. The summed E-state index contributed by atoms with van der Waals surface area (Å²) in [5.74, 6) is 0.600. The van der Waals surface area contributed by atoms with Gasteiger partial charge in [-0.25, -0.2) is 9.97 Å². The highest BCUT2D eigenvalue weighted by molar-refractivity contribution is 7.26. The summed E-state index contributed by atoms with van der Waals surface area (Å²) in [6.07, 6.45) is 0. The Morgan fingerprint density at radius 3 is 2.27 bits per heavy atom. The topological polar surface area (TPSA) is 38.9 Å². The molecule has 0 aliphatic rings. The number of nitrogens with zero attached hydrogens (tertiary/aromatic N) is 2. The fourth-order valence-corrected chi connectivity index (χ4v) is 6.97. The van der Waals surface area contributed by atoms with Gasteiger partial charge in [0.1, 0.15) is 11.2 Å². The van der Waals surface area contributed by atoms with Crippen molar-refractivity contribution < 1.29 is 4.42 Å². The van der Waals surface area contributed by atoms with Crippen molar-refractivity contribution in [2.45, 2.75) is 6.92 Å². The third-order valence-electron chi connectivity index (χ3n) is 7.82. The van der Waals surface area contributed by atoms with Crippen molar-refractivity contribution in [3.8, 4) is 22.4 Å². The molecule has 4 heteroatoms. The monoisotopic (exact) mass is 544 g/mol. The molecule has 8 aromatic rings. The van der Waals surface area contributed by atoms with Crippen LogP contribution in [0.5, 0.6) is 0 Å². The number of thiophene rings is 1. The second-order valence-corrected chi connectivity index (χ2v) is 11.3. The van der Waals surface area contributed by atoms with E-state index in [0.717, 1.165) is 71.1 Å². The zero-order chi connectivity index (χ0) is 27.5. The summed E-state index contributed by atoms with van der Waals surface area (Å²) >= 11 is 1.73. The van der Waals surface area contributed by atoms with Gasteiger partial charge in [-0.3, -0.25) is 0 Å². The van der Waals surface area contributed by atoms with Crippen molar-refractivity contribution in [2.24, 2.45) is 0 Å². The zero-order valence-corrected chi connectivity index (χ0v) is 23.2. The minimum atomic E-state index is 0.600. The number of aryl methyl sites for hydroxylation is 1. The van der Waals surface area contributed by atoms with Crippen LogP contribution in [0.15, 0.2) is 126 Å². The molecule has 41 heavy (non-hydrogen) atoms. The molecule has 8 rings (SSSR count). The van der Waals surface area contributed by atoms with E-state index in [2.05, 4.69) is 104 Å². The van der Waals surface area contributed by atoms with Crippen molar-refractivity contribution in [1.29, 1.82) is 0 Å². The lowest BCUT2D eigenvalue weighted by molar-refractivity contribution is 0.668. The van der Waals surface area contributed by atoms with Crippen LogP contribution in [0.3, 0.4) is 0 Å². The molecule has 0 aliphatic heterocycles. The van der Waals surface area contributed by atoms with Gasteiger partial charge < -0.3 is 4.42 Å². The molecule has 0 radical (unpaired) electrons. The van der Waals surface area contributed by atoms with Crippen molar-refractivity contribution in [1.82, 2.24) is 9.97 Å². The average molecular weight is 545 g/mol. The first-order valence-corrected chi connectivity index (χ1v) is 14.4. The highest BCUT2D eigenvalue weighted by Gasteiger charge is 2.23. The van der Waals surface area contributed by atoms with Crippen LogP contribution >= 0.6 is 11.3 Å². The molecule has 3 heterocycles. The number of benzene rings is 5. The fraction of sp³-hybridized carbons (Fsp3) is 0.0270. The molecule has 0 aliphatic carbocycles. The maximum Gasteiger partial charge on any atom is 0.160 e. The van der Waals surface area contributed by atoms with Gasteiger partial charge in [-0.05, 0) is 41.8 Å². The van der Waals surface area contributed by atoms with Gasteiger partial charge in [-0.1, -0.05) is 104 Å². The van der Waals surface area contributed by atoms with Crippen LogP contribution in [0.4, 0.5) is 0 Å². The summed E-state index contributed by atoms with van der Waals surface area (Å²) in [4.78, 5) is 10.4. The predicted octanol–water partition coefficient (Wildman–Crippen LogP) is 10.4. The predicted molar refractivity (Wildman–Crippen MR) is 172 cm³/mol. The van der Waals surface area contributed by atoms with Gasteiger partial charge in [0.15, 0.2) is 5.82 Å². The van der Waals surface area contributed by atoms with E-state index in [0.29, 0.717) is 5.82 Å². The van der Waals surface area contributed by atoms with Gasteiger partial charge in [0.2, 0.25) is 0 Å². The molecule has 0 spiro atoms. The summed E-state index contributed by atoms with van der Waals surface area (Å²) in [5, 5.41) is 3.26. The van der Waals surface area contributed by atoms with Gasteiger partial charge in [-0.2, -0.15) is 0 Å².